The van der Waals surface area contributed by atoms with Crippen LogP contribution in [0.1, 0.15) is 12.8 Å². The number of nitrogens with zero attached hydrogens (tertiary/aromatic N) is 4. The quantitative estimate of drug-likeness (QED) is 0.849. The highest BCUT2D eigenvalue weighted by Crippen LogP contribution is 2.44. The molecule has 0 radical (unpaired) electrons. The van der Waals surface area contributed by atoms with Gasteiger partial charge in [0.2, 0.25) is 0 Å². The minimum Gasteiger partial charge on any atom is -0.387 e. The van der Waals surface area contributed by atoms with Crippen LogP contribution < -0.4 is 5.69 Å². The van der Waals surface area contributed by atoms with E-state index in [0.29, 0.717) is 18.1 Å². The smallest absolute Gasteiger partial charge is 0.350 e. The highest BCUT2D eigenvalue weighted by Gasteiger charge is 2.51. The predicted molar refractivity (Wildman–Crippen MR) is 73.6 cm³/mol. The van der Waals surface area contributed by atoms with Crippen LogP contribution in [0.15, 0.2) is 29.2 Å². The Balaban J connectivity index is 1.42. The summed E-state index contributed by atoms with van der Waals surface area (Å²) in [7, 11) is 0. The molecular formula is C14H18N4O2. The van der Waals surface area contributed by atoms with E-state index in [4.69, 9.17) is 0 Å². The average molecular weight is 274 g/mol. The molecule has 1 saturated carbocycles. The Kier molecular flexibility index (Phi) is 2.52. The molecule has 0 amide bonds. The van der Waals surface area contributed by atoms with Crippen molar-refractivity contribution < 1.29 is 5.11 Å². The molecule has 2 aromatic heterocycles. The maximum atomic E-state index is 12.1. The first-order chi connectivity index (χ1) is 9.66. The molecule has 6 heteroatoms. The molecular weight excluding hydrogens is 256 g/mol. The largest absolute Gasteiger partial charge is 0.387 e. The van der Waals surface area contributed by atoms with Crippen molar-refractivity contribution in [1.29, 1.82) is 0 Å². The van der Waals surface area contributed by atoms with Crippen LogP contribution in [0.2, 0.25) is 0 Å². The minimum absolute atomic E-state index is 0.0985. The molecule has 106 valence electrons. The van der Waals surface area contributed by atoms with Crippen molar-refractivity contribution >= 4 is 5.65 Å². The molecule has 0 unspecified atom stereocenters. The van der Waals surface area contributed by atoms with Crippen molar-refractivity contribution in [3.63, 3.8) is 0 Å². The lowest BCUT2D eigenvalue weighted by molar-refractivity contribution is -0.113. The van der Waals surface area contributed by atoms with Crippen molar-refractivity contribution in [2.24, 2.45) is 5.92 Å². The van der Waals surface area contributed by atoms with Crippen LogP contribution in [-0.2, 0) is 6.54 Å². The maximum absolute atomic E-state index is 12.1. The summed E-state index contributed by atoms with van der Waals surface area (Å²) in [6, 6.07) is 5.52. The van der Waals surface area contributed by atoms with Gasteiger partial charge in [0.25, 0.3) is 0 Å². The third-order valence-electron chi connectivity index (χ3n) is 4.45. The molecule has 2 fully saturated rings. The van der Waals surface area contributed by atoms with Gasteiger partial charge < -0.3 is 5.11 Å². The molecule has 1 N–H and O–H groups in total. The predicted octanol–water partition coefficient (Wildman–Crippen LogP) is -0.0473. The molecule has 6 nitrogen and oxygen atoms in total. The summed E-state index contributed by atoms with van der Waals surface area (Å²) in [5.74, 6) is 0.511. The van der Waals surface area contributed by atoms with E-state index in [1.807, 2.05) is 18.2 Å². The van der Waals surface area contributed by atoms with Crippen LogP contribution in [0.4, 0.5) is 0 Å². The van der Waals surface area contributed by atoms with E-state index in [9.17, 15) is 9.90 Å². The van der Waals surface area contributed by atoms with Gasteiger partial charge in [-0.25, -0.2) is 9.48 Å². The molecule has 1 saturated heterocycles. The van der Waals surface area contributed by atoms with Gasteiger partial charge in [-0.1, -0.05) is 6.07 Å². The second-order valence-corrected chi connectivity index (χ2v) is 6.02. The fourth-order valence-corrected chi connectivity index (χ4v) is 3.12. The Labute approximate surface area is 116 Å². The molecule has 20 heavy (non-hydrogen) atoms. The van der Waals surface area contributed by atoms with Crippen LogP contribution in [0.3, 0.4) is 0 Å². The molecule has 2 aliphatic rings. The lowest BCUT2D eigenvalue weighted by atomic mass is 9.89. The Hall–Kier alpha value is -1.66. The highest BCUT2D eigenvalue weighted by molar-refractivity contribution is 5.35. The highest BCUT2D eigenvalue weighted by atomic mass is 16.3. The van der Waals surface area contributed by atoms with Crippen molar-refractivity contribution in [3.05, 3.63) is 34.9 Å². The summed E-state index contributed by atoms with van der Waals surface area (Å²) in [4.78, 5) is 14.3. The van der Waals surface area contributed by atoms with Gasteiger partial charge >= 0.3 is 5.69 Å². The topological polar surface area (TPSA) is 62.8 Å². The van der Waals surface area contributed by atoms with Crippen LogP contribution in [-0.4, -0.2) is 49.4 Å². The van der Waals surface area contributed by atoms with Gasteiger partial charge in [-0.2, -0.15) is 0 Å². The average Bonchev–Trinajstić information content (AvgIpc) is 3.21. The van der Waals surface area contributed by atoms with Gasteiger partial charge in [-0.3, -0.25) is 9.30 Å². The first kappa shape index (κ1) is 12.1. The van der Waals surface area contributed by atoms with Crippen LogP contribution in [0.25, 0.3) is 5.65 Å². The van der Waals surface area contributed by atoms with Crippen molar-refractivity contribution in [1.82, 2.24) is 19.1 Å². The number of rotatable bonds is 4. The summed E-state index contributed by atoms with van der Waals surface area (Å²) >= 11 is 0. The maximum Gasteiger partial charge on any atom is 0.350 e. The molecule has 1 aliphatic carbocycles. The summed E-state index contributed by atoms with van der Waals surface area (Å²) in [6.45, 7) is 2.81. The van der Waals surface area contributed by atoms with Gasteiger partial charge in [0.05, 0.1) is 12.1 Å². The second-order valence-electron chi connectivity index (χ2n) is 6.02. The van der Waals surface area contributed by atoms with E-state index < -0.39 is 5.60 Å². The standard InChI is InChI=1S/C14H18N4O2/c19-13-17-6-2-1-3-12(17)15-18(13)8-7-16-9-14(20,10-16)11-4-5-11/h1-3,6,11,20H,4-5,7-10H2. The minimum atomic E-state index is -0.454. The number of β-amino-alcohol motifs (C(OH)–C–C–N with tert-alkyl or cyclic N) is 1. The lowest BCUT2D eigenvalue weighted by Crippen LogP contribution is -2.63. The number of fused-ring (bicyclic) bond motifs is 1. The molecule has 0 aromatic carbocycles. The van der Waals surface area contributed by atoms with Crippen molar-refractivity contribution in [2.45, 2.75) is 25.0 Å². The number of aliphatic hydroxyl groups is 1. The van der Waals surface area contributed by atoms with Gasteiger partial charge in [-0.15, -0.1) is 5.10 Å². The number of hydrogen-bond donors (Lipinski definition) is 1. The fraction of sp³-hybridized carbons (Fsp3) is 0.571. The SMILES string of the molecule is O=c1n(CCN2CC(O)(C3CC3)C2)nc2ccccn12. The number of aromatic nitrogens is 3. The lowest BCUT2D eigenvalue weighted by Gasteiger charge is -2.47. The zero-order valence-corrected chi connectivity index (χ0v) is 11.3. The molecule has 0 spiro atoms. The third-order valence-corrected chi connectivity index (χ3v) is 4.45. The van der Waals surface area contributed by atoms with E-state index in [0.717, 1.165) is 32.5 Å². The summed E-state index contributed by atoms with van der Waals surface area (Å²) < 4.78 is 3.06. The molecule has 4 rings (SSSR count). The number of hydrogen-bond acceptors (Lipinski definition) is 4. The first-order valence-corrected chi connectivity index (χ1v) is 7.15. The Bertz CT molecular complexity index is 695. The zero-order valence-electron chi connectivity index (χ0n) is 11.3. The van der Waals surface area contributed by atoms with E-state index in [1.54, 1.807) is 10.6 Å². The summed E-state index contributed by atoms with van der Waals surface area (Å²) in [5, 5.41) is 14.6. The Morgan fingerprint density at radius 1 is 1.30 bits per heavy atom. The van der Waals surface area contributed by atoms with E-state index in [1.165, 1.54) is 4.68 Å². The van der Waals surface area contributed by atoms with E-state index in [2.05, 4.69) is 10.00 Å². The van der Waals surface area contributed by atoms with Crippen LogP contribution in [0, 0.1) is 5.92 Å². The van der Waals surface area contributed by atoms with Gasteiger partial charge in [0.1, 0.15) is 0 Å². The van der Waals surface area contributed by atoms with Gasteiger partial charge in [-0.05, 0) is 30.9 Å². The monoisotopic (exact) mass is 274 g/mol. The van der Waals surface area contributed by atoms with Gasteiger partial charge in [0.15, 0.2) is 5.65 Å². The van der Waals surface area contributed by atoms with Crippen LogP contribution in [0.5, 0.6) is 0 Å². The van der Waals surface area contributed by atoms with Gasteiger partial charge in [0, 0.05) is 25.8 Å². The Morgan fingerprint density at radius 3 is 2.80 bits per heavy atom. The fourth-order valence-electron chi connectivity index (χ4n) is 3.12. The number of likely N-dealkylation sites (tertiary alicyclic amines) is 1. The summed E-state index contributed by atoms with van der Waals surface area (Å²) in [5.41, 5.74) is 0.123. The van der Waals surface area contributed by atoms with E-state index in [-0.39, 0.29) is 5.69 Å². The third kappa shape index (κ3) is 1.87. The molecule has 0 bridgehead atoms. The first-order valence-electron chi connectivity index (χ1n) is 7.15. The van der Waals surface area contributed by atoms with E-state index >= 15 is 0 Å². The molecule has 3 heterocycles. The van der Waals surface area contributed by atoms with Crippen molar-refractivity contribution in [3.8, 4) is 0 Å². The molecule has 1 aliphatic heterocycles. The molecule has 2 aromatic rings. The zero-order chi connectivity index (χ0) is 13.7. The molecule has 0 atom stereocenters. The van der Waals surface area contributed by atoms with Crippen molar-refractivity contribution in [2.75, 3.05) is 19.6 Å². The second kappa shape index (κ2) is 4.17. The summed E-state index contributed by atoms with van der Waals surface area (Å²) in [6.07, 6.45) is 4.06. The Morgan fingerprint density at radius 2 is 2.10 bits per heavy atom. The normalized spacial score (nSPS) is 22.1. The van der Waals surface area contributed by atoms with Crippen LogP contribution >= 0.6 is 0 Å². The number of pyridine rings is 1.